The van der Waals surface area contributed by atoms with Crippen molar-refractivity contribution in [3.8, 4) is 0 Å². The number of nitrogens with one attached hydrogen (secondary N) is 1. The number of esters is 1. The van der Waals surface area contributed by atoms with Crippen LogP contribution in [-0.4, -0.2) is 35.9 Å². The second kappa shape index (κ2) is 8.70. The van der Waals surface area contributed by atoms with Crippen molar-refractivity contribution in [3.05, 3.63) is 63.2 Å². The van der Waals surface area contributed by atoms with E-state index in [0.717, 1.165) is 12.5 Å². The van der Waals surface area contributed by atoms with E-state index in [1.165, 1.54) is 24.3 Å². The lowest BCUT2D eigenvalue weighted by Crippen LogP contribution is -2.24. The number of benzene rings is 2. The summed E-state index contributed by atoms with van der Waals surface area (Å²) in [6.45, 7) is 0.0226. The smallest absolute Gasteiger partial charge is 0.338 e. The van der Waals surface area contributed by atoms with Gasteiger partial charge < -0.3 is 15.0 Å². The minimum absolute atomic E-state index is 0.00475. The van der Waals surface area contributed by atoms with Gasteiger partial charge in [0.1, 0.15) is 0 Å². The van der Waals surface area contributed by atoms with Crippen molar-refractivity contribution in [2.75, 3.05) is 23.4 Å². The third kappa shape index (κ3) is 4.88. The Balaban J connectivity index is 1.58. The van der Waals surface area contributed by atoms with Crippen LogP contribution in [0.3, 0.4) is 0 Å². The molecule has 0 unspecified atom stereocenters. The first kappa shape index (κ1) is 20.3. The summed E-state index contributed by atoms with van der Waals surface area (Å²) in [5.74, 6) is -1.38. The zero-order chi connectivity index (χ0) is 21.0. The summed E-state index contributed by atoms with van der Waals surface area (Å²) in [6.07, 6.45) is 1.24. The molecule has 1 aliphatic heterocycles. The van der Waals surface area contributed by atoms with Gasteiger partial charge in [0.2, 0.25) is 5.91 Å². The molecule has 1 fully saturated rings. The van der Waals surface area contributed by atoms with Crippen LogP contribution in [0.4, 0.5) is 17.1 Å². The largest absolute Gasteiger partial charge is 0.452 e. The van der Waals surface area contributed by atoms with E-state index in [-0.39, 0.29) is 27.9 Å². The molecule has 0 bridgehead atoms. The fourth-order valence-electron chi connectivity index (χ4n) is 2.84. The topological polar surface area (TPSA) is 119 Å². The highest BCUT2D eigenvalue weighted by Crippen LogP contribution is 2.26. The molecule has 1 N–H and O–H groups in total. The Hall–Kier alpha value is -3.46. The normalized spacial score (nSPS) is 13.3. The van der Waals surface area contributed by atoms with Crippen LogP contribution in [0.2, 0.25) is 5.02 Å². The molecule has 2 aromatic carbocycles. The van der Waals surface area contributed by atoms with Crippen molar-refractivity contribution >= 4 is 46.4 Å². The number of nitro groups is 1. The molecule has 1 aliphatic rings. The molecule has 29 heavy (non-hydrogen) atoms. The Morgan fingerprint density at radius 1 is 1.24 bits per heavy atom. The van der Waals surface area contributed by atoms with E-state index in [2.05, 4.69) is 5.32 Å². The van der Waals surface area contributed by atoms with Crippen molar-refractivity contribution < 1.29 is 24.0 Å². The molecular weight excluding hydrogens is 402 g/mol. The number of nitro benzene ring substituents is 1. The highest BCUT2D eigenvalue weighted by molar-refractivity contribution is 6.34. The number of rotatable bonds is 6. The van der Waals surface area contributed by atoms with Crippen LogP contribution in [0, 0.1) is 10.1 Å². The van der Waals surface area contributed by atoms with Crippen LogP contribution < -0.4 is 10.2 Å². The van der Waals surface area contributed by atoms with Gasteiger partial charge in [0, 0.05) is 30.8 Å². The Bertz CT molecular complexity index is 994. The van der Waals surface area contributed by atoms with Gasteiger partial charge in [-0.05, 0) is 30.7 Å². The van der Waals surface area contributed by atoms with Gasteiger partial charge in [-0.15, -0.1) is 0 Å². The second-order valence-electron chi connectivity index (χ2n) is 6.24. The Labute approximate surface area is 170 Å². The standard InChI is InChI=1S/C19H16ClN3O6/c20-15-10-14(23(27)28)6-7-16(15)21-17(24)11-29-19(26)12-3-1-4-13(9-12)22-8-2-5-18(22)25/h1,3-4,6-7,9-10H,2,5,8,11H2,(H,21,24). The molecule has 0 spiro atoms. The number of carbonyl (C=O) groups is 3. The second-order valence-corrected chi connectivity index (χ2v) is 6.65. The van der Waals surface area contributed by atoms with Gasteiger partial charge in [0.25, 0.3) is 11.6 Å². The number of carbonyl (C=O) groups excluding carboxylic acids is 3. The van der Waals surface area contributed by atoms with E-state index in [0.29, 0.717) is 18.7 Å². The molecular formula is C19H16ClN3O6. The quantitative estimate of drug-likeness (QED) is 0.438. The number of hydrogen-bond acceptors (Lipinski definition) is 6. The van der Waals surface area contributed by atoms with Crippen LogP contribution in [0.1, 0.15) is 23.2 Å². The fourth-order valence-corrected chi connectivity index (χ4v) is 3.06. The number of non-ortho nitro benzene ring substituents is 1. The monoisotopic (exact) mass is 417 g/mol. The molecule has 1 heterocycles. The summed E-state index contributed by atoms with van der Waals surface area (Å²) in [4.78, 5) is 47.8. The van der Waals surface area contributed by atoms with Crippen molar-refractivity contribution in [2.45, 2.75) is 12.8 Å². The maximum Gasteiger partial charge on any atom is 0.338 e. The summed E-state index contributed by atoms with van der Waals surface area (Å²) in [7, 11) is 0. The maximum absolute atomic E-state index is 12.2. The molecule has 0 aliphatic carbocycles. The molecule has 10 heteroatoms. The third-order valence-corrected chi connectivity index (χ3v) is 4.55. The van der Waals surface area contributed by atoms with Crippen molar-refractivity contribution in [1.82, 2.24) is 0 Å². The van der Waals surface area contributed by atoms with Crippen molar-refractivity contribution in [3.63, 3.8) is 0 Å². The SMILES string of the molecule is O=C(COC(=O)c1cccc(N2CCCC2=O)c1)Nc1ccc([N+](=O)[O-])cc1Cl. The number of anilines is 2. The van der Waals surface area contributed by atoms with E-state index < -0.39 is 23.4 Å². The van der Waals surface area contributed by atoms with E-state index in [1.54, 1.807) is 17.0 Å². The summed E-state index contributed by atoms with van der Waals surface area (Å²) in [5, 5.41) is 13.1. The first-order valence-corrected chi connectivity index (χ1v) is 9.04. The average Bonchev–Trinajstić information content (AvgIpc) is 3.13. The van der Waals surface area contributed by atoms with Gasteiger partial charge in [-0.25, -0.2) is 4.79 Å². The molecule has 3 rings (SSSR count). The van der Waals surface area contributed by atoms with Crippen LogP contribution in [0.15, 0.2) is 42.5 Å². The lowest BCUT2D eigenvalue weighted by molar-refractivity contribution is -0.384. The molecule has 150 valence electrons. The number of halogens is 1. The predicted molar refractivity (Wildman–Crippen MR) is 105 cm³/mol. The summed E-state index contributed by atoms with van der Waals surface area (Å²) < 4.78 is 5.00. The van der Waals surface area contributed by atoms with Crippen LogP contribution in [0.25, 0.3) is 0 Å². The number of nitrogens with zero attached hydrogens (tertiary/aromatic N) is 2. The molecule has 1 saturated heterocycles. The Morgan fingerprint density at radius 2 is 2.03 bits per heavy atom. The molecule has 2 aromatic rings. The summed E-state index contributed by atoms with van der Waals surface area (Å²) in [6, 6.07) is 10.0. The predicted octanol–water partition coefficient (Wildman–Crippen LogP) is 3.17. The molecule has 2 amide bonds. The zero-order valence-corrected chi connectivity index (χ0v) is 15.8. The highest BCUT2D eigenvalue weighted by Gasteiger charge is 2.22. The number of hydrogen-bond donors (Lipinski definition) is 1. The first-order valence-electron chi connectivity index (χ1n) is 8.66. The third-order valence-electron chi connectivity index (χ3n) is 4.24. The van der Waals surface area contributed by atoms with E-state index in [1.807, 2.05) is 0 Å². The molecule has 0 aromatic heterocycles. The van der Waals surface area contributed by atoms with E-state index in [9.17, 15) is 24.5 Å². The Morgan fingerprint density at radius 3 is 2.69 bits per heavy atom. The highest BCUT2D eigenvalue weighted by atomic mass is 35.5. The van der Waals surface area contributed by atoms with E-state index in [4.69, 9.17) is 16.3 Å². The summed E-state index contributed by atoms with van der Waals surface area (Å²) >= 11 is 5.91. The van der Waals surface area contributed by atoms with Gasteiger partial charge >= 0.3 is 5.97 Å². The zero-order valence-electron chi connectivity index (χ0n) is 15.1. The average molecular weight is 418 g/mol. The van der Waals surface area contributed by atoms with Crippen LogP contribution >= 0.6 is 11.6 Å². The van der Waals surface area contributed by atoms with Gasteiger partial charge in [0.15, 0.2) is 6.61 Å². The fraction of sp³-hybridized carbons (Fsp3) is 0.211. The first-order chi connectivity index (χ1) is 13.8. The minimum Gasteiger partial charge on any atom is -0.452 e. The molecule has 0 atom stereocenters. The molecule has 9 nitrogen and oxygen atoms in total. The summed E-state index contributed by atoms with van der Waals surface area (Å²) in [5.41, 5.74) is 0.760. The number of ether oxygens (including phenoxy) is 1. The van der Waals surface area contributed by atoms with Gasteiger partial charge in [-0.2, -0.15) is 0 Å². The minimum atomic E-state index is -0.719. The lowest BCUT2D eigenvalue weighted by atomic mass is 10.2. The van der Waals surface area contributed by atoms with Crippen molar-refractivity contribution in [2.24, 2.45) is 0 Å². The van der Waals surface area contributed by atoms with Gasteiger partial charge in [-0.3, -0.25) is 19.7 Å². The Kier molecular flexibility index (Phi) is 6.08. The van der Waals surface area contributed by atoms with Gasteiger partial charge in [0.05, 0.1) is 21.2 Å². The van der Waals surface area contributed by atoms with Gasteiger partial charge in [-0.1, -0.05) is 17.7 Å². The molecule has 0 saturated carbocycles. The maximum atomic E-state index is 12.2. The van der Waals surface area contributed by atoms with Crippen LogP contribution in [-0.2, 0) is 14.3 Å². The van der Waals surface area contributed by atoms with Crippen LogP contribution in [0.5, 0.6) is 0 Å². The number of amides is 2. The lowest BCUT2D eigenvalue weighted by Gasteiger charge is -2.16. The van der Waals surface area contributed by atoms with E-state index >= 15 is 0 Å². The van der Waals surface area contributed by atoms with Crippen molar-refractivity contribution in [1.29, 1.82) is 0 Å². The molecule has 0 radical (unpaired) electrons.